The zero-order valence-electron chi connectivity index (χ0n) is 9.49. The minimum absolute atomic E-state index is 0.683. The molecule has 0 radical (unpaired) electrons. The van der Waals surface area contributed by atoms with Crippen LogP contribution in [0.3, 0.4) is 0 Å². The summed E-state index contributed by atoms with van der Waals surface area (Å²) in [6, 6.07) is 4.00. The molecule has 0 fully saturated rings. The number of rotatable bonds is 6. The number of nitrogens with two attached hydrogens (primary N) is 1. The quantitative estimate of drug-likeness (QED) is 0.835. The number of hydrogen-bond acceptors (Lipinski definition) is 6. The molecule has 0 bridgehead atoms. The van der Waals surface area contributed by atoms with E-state index in [4.69, 9.17) is 5.73 Å². The van der Waals surface area contributed by atoms with E-state index in [0.717, 1.165) is 24.6 Å². The lowest BCUT2D eigenvalue weighted by atomic mass is 10.2. The van der Waals surface area contributed by atoms with Gasteiger partial charge in [-0.05, 0) is 24.6 Å². The second-order valence-corrected chi connectivity index (χ2v) is 4.41. The van der Waals surface area contributed by atoms with Gasteiger partial charge in [-0.25, -0.2) is 4.98 Å². The Hall–Kier alpha value is -1.53. The molecule has 0 unspecified atom stereocenters. The molecule has 5 nitrogen and oxygen atoms in total. The predicted octanol–water partition coefficient (Wildman–Crippen LogP) is 1.29. The first-order valence-corrected chi connectivity index (χ1v) is 6.28. The van der Waals surface area contributed by atoms with Crippen molar-refractivity contribution in [2.24, 2.45) is 5.73 Å². The normalized spacial score (nSPS) is 10.4. The van der Waals surface area contributed by atoms with Gasteiger partial charge in [0.05, 0.1) is 0 Å². The molecule has 0 amide bonds. The average Bonchev–Trinajstić information content (AvgIpc) is 2.89. The highest BCUT2D eigenvalue weighted by atomic mass is 32.1. The number of anilines is 1. The van der Waals surface area contributed by atoms with Crippen LogP contribution in [0.4, 0.5) is 5.13 Å². The maximum atomic E-state index is 5.55. The van der Waals surface area contributed by atoms with Gasteiger partial charge in [-0.15, -0.1) is 0 Å². The molecule has 17 heavy (non-hydrogen) atoms. The van der Waals surface area contributed by atoms with E-state index in [9.17, 15) is 0 Å². The van der Waals surface area contributed by atoms with Crippen LogP contribution in [0.2, 0.25) is 0 Å². The fraction of sp³-hybridized carbons (Fsp3) is 0.364. The van der Waals surface area contributed by atoms with Gasteiger partial charge in [0.2, 0.25) is 5.13 Å². The second kappa shape index (κ2) is 6.27. The van der Waals surface area contributed by atoms with Crippen LogP contribution in [0.5, 0.6) is 0 Å². The van der Waals surface area contributed by atoms with Gasteiger partial charge in [-0.1, -0.05) is 6.07 Å². The molecule has 0 aromatic carbocycles. The first-order chi connectivity index (χ1) is 8.40. The number of aromatic nitrogens is 3. The number of pyridine rings is 1. The highest BCUT2D eigenvalue weighted by molar-refractivity contribution is 7.09. The molecule has 0 saturated carbocycles. The summed E-state index contributed by atoms with van der Waals surface area (Å²) in [7, 11) is 0. The Balaban J connectivity index is 2.06. The molecule has 2 aromatic rings. The van der Waals surface area contributed by atoms with Crippen LogP contribution in [0.15, 0.2) is 30.9 Å². The molecule has 0 aliphatic carbocycles. The van der Waals surface area contributed by atoms with Gasteiger partial charge in [-0.2, -0.15) is 4.37 Å². The standard InChI is InChI=1S/C11H15N5S/c12-4-2-6-16(11-14-9-15-17-11)8-10-3-1-5-13-7-10/h1,3,5,7,9H,2,4,6,8,12H2. The molecule has 6 heteroatoms. The van der Waals surface area contributed by atoms with Gasteiger partial charge in [0.1, 0.15) is 6.33 Å². The lowest BCUT2D eigenvalue weighted by Gasteiger charge is -2.20. The van der Waals surface area contributed by atoms with Crippen LogP contribution in [0.1, 0.15) is 12.0 Å². The summed E-state index contributed by atoms with van der Waals surface area (Å²) in [5, 5.41) is 0.933. The first-order valence-electron chi connectivity index (χ1n) is 5.50. The van der Waals surface area contributed by atoms with Crippen molar-refractivity contribution in [3.8, 4) is 0 Å². The minimum atomic E-state index is 0.683. The summed E-state index contributed by atoms with van der Waals surface area (Å²) in [6.45, 7) is 2.37. The molecule has 0 aliphatic rings. The topological polar surface area (TPSA) is 67.9 Å². The van der Waals surface area contributed by atoms with E-state index in [1.165, 1.54) is 17.1 Å². The van der Waals surface area contributed by atoms with Gasteiger partial charge < -0.3 is 10.6 Å². The zero-order chi connectivity index (χ0) is 11.9. The van der Waals surface area contributed by atoms with Crippen molar-refractivity contribution in [3.05, 3.63) is 36.4 Å². The summed E-state index contributed by atoms with van der Waals surface area (Å²) in [5.74, 6) is 0. The third-order valence-corrected chi connectivity index (χ3v) is 3.08. The van der Waals surface area contributed by atoms with Crippen LogP contribution in [0.25, 0.3) is 0 Å². The first kappa shape index (κ1) is 11.9. The summed E-state index contributed by atoms with van der Waals surface area (Å²) in [5.41, 5.74) is 6.72. The maximum Gasteiger partial charge on any atom is 0.205 e. The lowest BCUT2D eigenvalue weighted by Crippen LogP contribution is -2.25. The summed E-state index contributed by atoms with van der Waals surface area (Å²) in [6.07, 6.45) is 6.17. The Morgan fingerprint density at radius 3 is 3.00 bits per heavy atom. The predicted molar refractivity (Wildman–Crippen MR) is 68.9 cm³/mol. The SMILES string of the molecule is NCCCN(Cc1cccnc1)c1ncns1. The van der Waals surface area contributed by atoms with Crippen LogP contribution >= 0.6 is 11.5 Å². The Bertz CT molecular complexity index is 417. The Morgan fingerprint density at radius 1 is 1.41 bits per heavy atom. The van der Waals surface area contributed by atoms with E-state index in [2.05, 4.69) is 25.3 Å². The molecule has 0 spiro atoms. The molecule has 2 aromatic heterocycles. The summed E-state index contributed by atoms with van der Waals surface area (Å²) in [4.78, 5) is 10.5. The molecule has 90 valence electrons. The number of hydrogen-bond donors (Lipinski definition) is 1. The molecule has 0 atom stereocenters. The largest absolute Gasteiger partial charge is 0.342 e. The minimum Gasteiger partial charge on any atom is -0.342 e. The van der Waals surface area contributed by atoms with Crippen molar-refractivity contribution in [2.45, 2.75) is 13.0 Å². The Labute approximate surface area is 104 Å². The van der Waals surface area contributed by atoms with Gasteiger partial charge in [-0.3, -0.25) is 4.98 Å². The van der Waals surface area contributed by atoms with Crippen molar-refractivity contribution in [2.75, 3.05) is 18.0 Å². The Kier molecular flexibility index (Phi) is 4.40. The van der Waals surface area contributed by atoms with Gasteiger partial charge in [0, 0.05) is 37.0 Å². The van der Waals surface area contributed by atoms with Crippen molar-refractivity contribution in [3.63, 3.8) is 0 Å². The fourth-order valence-corrected chi connectivity index (χ4v) is 2.10. The van der Waals surface area contributed by atoms with E-state index < -0.39 is 0 Å². The smallest absolute Gasteiger partial charge is 0.205 e. The molecule has 0 aliphatic heterocycles. The van der Waals surface area contributed by atoms with E-state index >= 15 is 0 Å². The molecule has 2 N–H and O–H groups in total. The van der Waals surface area contributed by atoms with Gasteiger partial charge in [0.15, 0.2) is 0 Å². The van der Waals surface area contributed by atoms with E-state index in [1.807, 2.05) is 12.3 Å². The Morgan fingerprint density at radius 2 is 2.35 bits per heavy atom. The van der Waals surface area contributed by atoms with Crippen LogP contribution in [-0.2, 0) is 6.54 Å². The van der Waals surface area contributed by atoms with Crippen molar-refractivity contribution < 1.29 is 0 Å². The van der Waals surface area contributed by atoms with Gasteiger partial charge in [0.25, 0.3) is 0 Å². The third-order valence-electron chi connectivity index (χ3n) is 2.35. The van der Waals surface area contributed by atoms with Crippen molar-refractivity contribution in [1.82, 2.24) is 14.3 Å². The highest BCUT2D eigenvalue weighted by Gasteiger charge is 2.09. The van der Waals surface area contributed by atoms with E-state index in [1.54, 1.807) is 12.5 Å². The van der Waals surface area contributed by atoms with Crippen molar-refractivity contribution in [1.29, 1.82) is 0 Å². The monoisotopic (exact) mass is 249 g/mol. The maximum absolute atomic E-state index is 5.55. The van der Waals surface area contributed by atoms with E-state index in [0.29, 0.717) is 6.54 Å². The van der Waals surface area contributed by atoms with E-state index in [-0.39, 0.29) is 0 Å². The summed E-state index contributed by atoms with van der Waals surface area (Å²) >= 11 is 1.40. The molecule has 2 heterocycles. The highest BCUT2D eigenvalue weighted by Crippen LogP contribution is 2.17. The van der Waals surface area contributed by atoms with Gasteiger partial charge >= 0.3 is 0 Å². The van der Waals surface area contributed by atoms with Crippen LogP contribution in [0, 0.1) is 0 Å². The fourth-order valence-electron chi connectivity index (χ4n) is 1.54. The molecule has 0 saturated heterocycles. The molecule has 2 rings (SSSR count). The van der Waals surface area contributed by atoms with Crippen LogP contribution in [-0.4, -0.2) is 27.4 Å². The zero-order valence-corrected chi connectivity index (χ0v) is 10.3. The summed E-state index contributed by atoms with van der Waals surface area (Å²) < 4.78 is 4.03. The third kappa shape index (κ3) is 3.47. The lowest BCUT2D eigenvalue weighted by molar-refractivity contribution is 0.732. The second-order valence-electron chi connectivity index (χ2n) is 3.65. The molecular weight excluding hydrogens is 234 g/mol. The van der Waals surface area contributed by atoms with Crippen molar-refractivity contribution >= 4 is 16.7 Å². The van der Waals surface area contributed by atoms with Crippen LogP contribution < -0.4 is 10.6 Å². The number of nitrogens with zero attached hydrogens (tertiary/aromatic N) is 4. The molecular formula is C11H15N5S. The average molecular weight is 249 g/mol.